The van der Waals surface area contributed by atoms with Gasteiger partial charge in [0.1, 0.15) is 13.2 Å². The smallest absolute Gasteiger partial charge is 0.306 e. The first-order valence-electron chi connectivity index (χ1n) is 36.8. The number of carbonyl (C=O) groups excluding carboxylic acids is 3. The van der Waals surface area contributed by atoms with E-state index in [0.29, 0.717) is 19.3 Å². The van der Waals surface area contributed by atoms with Gasteiger partial charge in [-0.05, 0) is 64.2 Å². The molecular weight excluding hydrogens is 1020 g/mol. The van der Waals surface area contributed by atoms with Crippen LogP contribution in [-0.2, 0) is 28.6 Å². The standard InChI is InChI=1S/C77H140O6/c1-4-7-10-13-16-19-22-25-28-30-32-34-36-37-38-39-40-42-43-45-47-49-52-55-58-61-64-67-70-76(79)82-73-74(72-81-75(78)69-66-63-60-57-54-51-27-24-21-18-15-12-9-6-3)83-77(80)71-68-65-62-59-56-53-50-48-46-44-41-35-33-31-29-26-23-20-17-14-11-8-5-2/h8,11,17,20,26,29,33,35,44,46,74H,4-7,9-10,12-16,18-19,21-25,27-28,30-32,34,36-43,45,47-73H2,1-3H3/b11-8-,20-17-,29-26-,35-33-,46-44-. The summed E-state index contributed by atoms with van der Waals surface area (Å²) in [6, 6.07) is 0. The fraction of sp³-hybridized carbons (Fsp3) is 0.831. The number of carbonyl (C=O) groups is 3. The fourth-order valence-electron chi connectivity index (χ4n) is 11.1. The van der Waals surface area contributed by atoms with Crippen LogP contribution in [0.1, 0.15) is 393 Å². The topological polar surface area (TPSA) is 78.9 Å². The quantitative estimate of drug-likeness (QED) is 0.0261. The monoisotopic (exact) mass is 1160 g/mol. The maximum Gasteiger partial charge on any atom is 0.306 e. The first kappa shape index (κ1) is 80.1. The van der Waals surface area contributed by atoms with E-state index in [2.05, 4.69) is 81.5 Å². The van der Waals surface area contributed by atoms with Gasteiger partial charge in [-0.1, -0.05) is 370 Å². The molecule has 0 amide bonds. The van der Waals surface area contributed by atoms with Crippen molar-refractivity contribution in [2.75, 3.05) is 13.2 Å². The van der Waals surface area contributed by atoms with E-state index in [9.17, 15) is 14.4 Å². The third-order valence-electron chi connectivity index (χ3n) is 16.5. The summed E-state index contributed by atoms with van der Waals surface area (Å²) in [6.07, 6.45) is 92.6. The van der Waals surface area contributed by atoms with Gasteiger partial charge in [-0.25, -0.2) is 0 Å². The van der Waals surface area contributed by atoms with Crippen LogP contribution in [-0.4, -0.2) is 37.2 Å². The van der Waals surface area contributed by atoms with E-state index in [1.54, 1.807) is 0 Å². The van der Waals surface area contributed by atoms with E-state index in [4.69, 9.17) is 14.2 Å². The number of hydrogen-bond donors (Lipinski definition) is 0. The van der Waals surface area contributed by atoms with Crippen LogP contribution in [0.15, 0.2) is 60.8 Å². The van der Waals surface area contributed by atoms with Crippen molar-refractivity contribution in [3.63, 3.8) is 0 Å². The highest BCUT2D eigenvalue weighted by Gasteiger charge is 2.19. The predicted octanol–water partition coefficient (Wildman–Crippen LogP) is 25.5. The van der Waals surface area contributed by atoms with Gasteiger partial charge in [-0.15, -0.1) is 0 Å². The van der Waals surface area contributed by atoms with Crippen molar-refractivity contribution in [2.24, 2.45) is 0 Å². The van der Waals surface area contributed by atoms with Crippen LogP contribution in [0.4, 0.5) is 0 Å². The highest BCUT2D eigenvalue weighted by molar-refractivity contribution is 5.71. The summed E-state index contributed by atoms with van der Waals surface area (Å²) in [5, 5.41) is 0. The van der Waals surface area contributed by atoms with Gasteiger partial charge < -0.3 is 14.2 Å². The molecule has 0 aliphatic rings. The van der Waals surface area contributed by atoms with Gasteiger partial charge in [-0.2, -0.15) is 0 Å². The van der Waals surface area contributed by atoms with Gasteiger partial charge in [0.05, 0.1) is 0 Å². The minimum atomic E-state index is -0.779. The van der Waals surface area contributed by atoms with E-state index in [0.717, 1.165) is 96.3 Å². The number of allylic oxidation sites excluding steroid dienone is 10. The molecule has 0 aliphatic heterocycles. The normalized spacial score (nSPS) is 12.4. The summed E-state index contributed by atoms with van der Waals surface area (Å²) < 4.78 is 17.0. The van der Waals surface area contributed by atoms with E-state index >= 15 is 0 Å². The summed E-state index contributed by atoms with van der Waals surface area (Å²) in [6.45, 7) is 6.59. The van der Waals surface area contributed by atoms with Crippen LogP contribution in [0, 0.1) is 0 Å². The molecule has 0 aliphatic carbocycles. The van der Waals surface area contributed by atoms with Gasteiger partial charge in [0.25, 0.3) is 0 Å². The molecule has 0 saturated heterocycles. The Kier molecular flexibility index (Phi) is 69.1. The molecule has 0 saturated carbocycles. The van der Waals surface area contributed by atoms with Gasteiger partial charge >= 0.3 is 17.9 Å². The number of hydrogen-bond acceptors (Lipinski definition) is 6. The van der Waals surface area contributed by atoms with Crippen LogP contribution in [0.5, 0.6) is 0 Å². The van der Waals surface area contributed by atoms with Gasteiger partial charge in [0, 0.05) is 19.3 Å². The first-order valence-corrected chi connectivity index (χ1v) is 36.8. The molecule has 0 bridgehead atoms. The number of rotatable bonds is 68. The van der Waals surface area contributed by atoms with Crippen LogP contribution in [0.25, 0.3) is 0 Å². The Hall–Kier alpha value is -2.89. The van der Waals surface area contributed by atoms with Gasteiger partial charge in [0.15, 0.2) is 6.10 Å². The molecule has 1 atom stereocenters. The zero-order valence-electron chi connectivity index (χ0n) is 55.7. The SMILES string of the molecule is CC/C=C\C/C=C\C/C=C\C/C=C\C/C=C\CCCCCCCCCC(=O)OC(COC(=O)CCCCCCCCCCCCCCCC)COC(=O)CCCCCCCCCCCCCCCCCCCCCCCCCCCCCC. The van der Waals surface area contributed by atoms with Crippen molar-refractivity contribution < 1.29 is 28.6 Å². The Balaban J connectivity index is 4.25. The zero-order valence-corrected chi connectivity index (χ0v) is 55.7. The highest BCUT2D eigenvalue weighted by Crippen LogP contribution is 2.19. The van der Waals surface area contributed by atoms with Crippen molar-refractivity contribution in [1.29, 1.82) is 0 Å². The molecule has 484 valence electrons. The molecule has 0 rings (SSSR count). The molecule has 0 spiro atoms. The molecule has 0 aromatic heterocycles. The van der Waals surface area contributed by atoms with E-state index in [1.807, 2.05) is 0 Å². The Labute approximate surface area is 517 Å². The molecular formula is C77H140O6. The second-order valence-corrected chi connectivity index (χ2v) is 24.8. The Bertz CT molecular complexity index is 1470. The lowest BCUT2D eigenvalue weighted by Crippen LogP contribution is -2.30. The van der Waals surface area contributed by atoms with Crippen molar-refractivity contribution in [3.8, 4) is 0 Å². The predicted molar refractivity (Wildman–Crippen MR) is 362 cm³/mol. The minimum absolute atomic E-state index is 0.0735. The fourth-order valence-corrected chi connectivity index (χ4v) is 11.1. The Morgan fingerprint density at radius 2 is 0.470 bits per heavy atom. The van der Waals surface area contributed by atoms with E-state index < -0.39 is 6.10 Å². The third-order valence-corrected chi connectivity index (χ3v) is 16.5. The second-order valence-electron chi connectivity index (χ2n) is 24.8. The molecule has 0 heterocycles. The average molecular weight is 1160 g/mol. The second kappa shape index (κ2) is 71.6. The molecule has 0 aromatic carbocycles. The molecule has 83 heavy (non-hydrogen) atoms. The van der Waals surface area contributed by atoms with Crippen LogP contribution < -0.4 is 0 Å². The Morgan fingerprint density at radius 3 is 0.735 bits per heavy atom. The molecule has 0 radical (unpaired) electrons. The lowest BCUT2D eigenvalue weighted by atomic mass is 10.0. The van der Waals surface area contributed by atoms with Crippen molar-refractivity contribution >= 4 is 17.9 Å². The molecule has 0 aromatic rings. The van der Waals surface area contributed by atoms with Crippen LogP contribution in [0.3, 0.4) is 0 Å². The summed E-state index contributed by atoms with van der Waals surface area (Å²) >= 11 is 0. The molecule has 0 N–H and O–H groups in total. The van der Waals surface area contributed by atoms with Crippen molar-refractivity contribution in [2.45, 2.75) is 399 Å². The summed E-state index contributed by atoms with van der Waals surface area (Å²) in [5.41, 5.74) is 0. The average Bonchev–Trinajstić information content (AvgIpc) is 3.49. The molecule has 0 fully saturated rings. The number of ether oxygens (including phenoxy) is 3. The lowest BCUT2D eigenvalue weighted by Gasteiger charge is -2.18. The van der Waals surface area contributed by atoms with Gasteiger partial charge in [0.2, 0.25) is 0 Å². The summed E-state index contributed by atoms with van der Waals surface area (Å²) in [4.78, 5) is 38.5. The largest absolute Gasteiger partial charge is 0.462 e. The number of esters is 3. The zero-order chi connectivity index (χ0) is 59.9. The maximum absolute atomic E-state index is 13.0. The molecule has 1 unspecified atom stereocenters. The van der Waals surface area contributed by atoms with E-state index in [1.165, 1.54) is 257 Å². The van der Waals surface area contributed by atoms with E-state index in [-0.39, 0.29) is 31.1 Å². The van der Waals surface area contributed by atoms with Crippen molar-refractivity contribution in [1.82, 2.24) is 0 Å². The van der Waals surface area contributed by atoms with Crippen LogP contribution >= 0.6 is 0 Å². The maximum atomic E-state index is 13.0. The summed E-state index contributed by atoms with van der Waals surface area (Å²) in [5.74, 6) is -0.857. The summed E-state index contributed by atoms with van der Waals surface area (Å²) in [7, 11) is 0. The Morgan fingerprint density at radius 1 is 0.253 bits per heavy atom. The first-order chi connectivity index (χ1) is 41.0. The lowest BCUT2D eigenvalue weighted by molar-refractivity contribution is -0.167. The third kappa shape index (κ3) is 69.8. The van der Waals surface area contributed by atoms with Crippen molar-refractivity contribution in [3.05, 3.63) is 60.8 Å². The number of unbranched alkanes of at least 4 members (excludes halogenated alkanes) is 47. The molecule has 6 heteroatoms. The highest BCUT2D eigenvalue weighted by atomic mass is 16.6. The minimum Gasteiger partial charge on any atom is -0.462 e. The van der Waals surface area contributed by atoms with Crippen LogP contribution in [0.2, 0.25) is 0 Å². The molecule has 6 nitrogen and oxygen atoms in total. The van der Waals surface area contributed by atoms with Gasteiger partial charge in [-0.3, -0.25) is 14.4 Å².